The second-order valence-corrected chi connectivity index (χ2v) is 5.48. The summed E-state index contributed by atoms with van der Waals surface area (Å²) in [7, 11) is 1.46. The van der Waals surface area contributed by atoms with Crippen molar-refractivity contribution in [3.63, 3.8) is 0 Å². The summed E-state index contributed by atoms with van der Waals surface area (Å²) < 4.78 is 4.89. The fourth-order valence-corrected chi connectivity index (χ4v) is 2.14. The zero-order valence-electron chi connectivity index (χ0n) is 10.8. The van der Waals surface area contributed by atoms with Crippen molar-refractivity contribution in [1.82, 2.24) is 10.6 Å². The third-order valence-electron chi connectivity index (χ3n) is 2.90. The molecule has 0 saturated carbocycles. The number of ether oxygens (including phenoxy) is 1. The van der Waals surface area contributed by atoms with Gasteiger partial charge in [-0.25, -0.2) is 0 Å². The number of hydrogen-bond donors (Lipinski definition) is 2. The van der Waals surface area contributed by atoms with E-state index in [4.69, 9.17) is 4.74 Å². The summed E-state index contributed by atoms with van der Waals surface area (Å²) in [6.45, 7) is 8.20. The summed E-state index contributed by atoms with van der Waals surface area (Å²) in [4.78, 5) is 11.8. The van der Waals surface area contributed by atoms with Crippen LogP contribution in [0.4, 0.5) is 0 Å². The molecule has 0 bridgehead atoms. The number of esters is 1. The van der Waals surface area contributed by atoms with Crippen LogP contribution < -0.4 is 10.6 Å². The molecule has 1 atom stereocenters. The molecule has 1 saturated heterocycles. The summed E-state index contributed by atoms with van der Waals surface area (Å²) >= 11 is 0. The number of hydrogen-bond acceptors (Lipinski definition) is 4. The monoisotopic (exact) mass is 228 g/mol. The van der Waals surface area contributed by atoms with Crippen LogP contribution in [0, 0.1) is 5.92 Å². The molecule has 1 rings (SSSR count). The predicted octanol–water partition coefficient (Wildman–Crippen LogP) is 0.916. The maximum Gasteiger partial charge on any atom is 0.323 e. The molecule has 2 N–H and O–H groups in total. The lowest BCUT2D eigenvalue weighted by molar-refractivity contribution is -0.145. The molecule has 94 valence electrons. The van der Waals surface area contributed by atoms with Crippen molar-refractivity contribution in [3.8, 4) is 0 Å². The molecule has 1 heterocycles. The Hall–Kier alpha value is -0.610. The predicted molar refractivity (Wildman–Crippen MR) is 64.3 cm³/mol. The molecule has 1 fully saturated rings. The Morgan fingerprint density at radius 2 is 1.94 bits per heavy atom. The molecule has 16 heavy (non-hydrogen) atoms. The first-order valence-electron chi connectivity index (χ1n) is 6.00. The Morgan fingerprint density at radius 3 is 2.38 bits per heavy atom. The molecule has 4 nitrogen and oxygen atoms in total. The van der Waals surface area contributed by atoms with Gasteiger partial charge in [-0.2, -0.15) is 0 Å². The smallest absolute Gasteiger partial charge is 0.323 e. The van der Waals surface area contributed by atoms with Gasteiger partial charge in [-0.15, -0.1) is 0 Å². The van der Waals surface area contributed by atoms with Crippen molar-refractivity contribution >= 4 is 5.97 Å². The van der Waals surface area contributed by atoms with E-state index in [1.54, 1.807) is 0 Å². The topological polar surface area (TPSA) is 50.4 Å². The van der Waals surface area contributed by atoms with E-state index in [-0.39, 0.29) is 17.6 Å². The quantitative estimate of drug-likeness (QED) is 0.705. The SMILES string of the molecule is COC(=O)C(NC(C)(C)C)C1CCNCC1. The number of methoxy groups -OCH3 is 1. The molecule has 0 amide bonds. The fraction of sp³-hybridized carbons (Fsp3) is 0.917. The molecule has 1 unspecified atom stereocenters. The highest BCUT2D eigenvalue weighted by Crippen LogP contribution is 2.19. The van der Waals surface area contributed by atoms with Crippen LogP contribution >= 0.6 is 0 Å². The Labute approximate surface area is 98.1 Å². The lowest BCUT2D eigenvalue weighted by atomic mass is 9.88. The third kappa shape index (κ3) is 4.10. The van der Waals surface area contributed by atoms with Crippen LogP contribution in [0.2, 0.25) is 0 Å². The van der Waals surface area contributed by atoms with Gasteiger partial charge in [0.1, 0.15) is 6.04 Å². The van der Waals surface area contributed by atoms with Crippen molar-refractivity contribution in [1.29, 1.82) is 0 Å². The minimum atomic E-state index is -0.174. The maximum atomic E-state index is 11.8. The van der Waals surface area contributed by atoms with E-state index in [9.17, 15) is 4.79 Å². The summed E-state index contributed by atoms with van der Waals surface area (Å²) in [6.07, 6.45) is 2.06. The molecule has 0 aromatic heterocycles. The maximum absolute atomic E-state index is 11.8. The van der Waals surface area contributed by atoms with Crippen molar-refractivity contribution in [2.24, 2.45) is 5.92 Å². The van der Waals surface area contributed by atoms with Crippen LogP contribution in [0.5, 0.6) is 0 Å². The van der Waals surface area contributed by atoms with Gasteiger partial charge in [0.2, 0.25) is 0 Å². The zero-order chi connectivity index (χ0) is 12.2. The molecular formula is C12H24N2O2. The van der Waals surface area contributed by atoms with Gasteiger partial charge >= 0.3 is 5.97 Å². The number of rotatable bonds is 3. The van der Waals surface area contributed by atoms with E-state index in [2.05, 4.69) is 31.4 Å². The molecule has 4 heteroatoms. The average molecular weight is 228 g/mol. The lowest BCUT2D eigenvalue weighted by Gasteiger charge is -2.34. The van der Waals surface area contributed by atoms with E-state index in [1.807, 2.05) is 0 Å². The summed E-state index contributed by atoms with van der Waals surface area (Å²) in [5, 5.41) is 6.68. The number of piperidine rings is 1. The lowest BCUT2D eigenvalue weighted by Crippen LogP contribution is -2.53. The molecule has 0 aliphatic carbocycles. The highest BCUT2D eigenvalue weighted by atomic mass is 16.5. The van der Waals surface area contributed by atoms with Gasteiger partial charge in [-0.1, -0.05) is 0 Å². The van der Waals surface area contributed by atoms with Crippen LogP contribution in [-0.2, 0) is 9.53 Å². The van der Waals surface area contributed by atoms with Crippen molar-refractivity contribution in [2.45, 2.75) is 45.2 Å². The number of carbonyl (C=O) groups is 1. The van der Waals surface area contributed by atoms with Crippen molar-refractivity contribution < 1.29 is 9.53 Å². The molecule has 0 radical (unpaired) electrons. The molecule has 0 aromatic carbocycles. The van der Waals surface area contributed by atoms with Crippen molar-refractivity contribution in [2.75, 3.05) is 20.2 Å². The third-order valence-corrected chi connectivity index (χ3v) is 2.90. The second-order valence-electron chi connectivity index (χ2n) is 5.48. The van der Waals surface area contributed by atoms with Gasteiger partial charge in [-0.05, 0) is 52.6 Å². The van der Waals surface area contributed by atoms with Crippen LogP contribution in [0.15, 0.2) is 0 Å². The first-order valence-corrected chi connectivity index (χ1v) is 6.00. The molecular weight excluding hydrogens is 204 g/mol. The largest absolute Gasteiger partial charge is 0.468 e. The fourth-order valence-electron chi connectivity index (χ4n) is 2.14. The first kappa shape index (κ1) is 13.5. The van der Waals surface area contributed by atoms with Crippen molar-refractivity contribution in [3.05, 3.63) is 0 Å². The molecule has 1 aliphatic heterocycles. The van der Waals surface area contributed by atoms with E-state index in [0.717, 1.165) is 25.9 Å². The first-order chi connectivity index (χ1) is 7.44. The van der Waals surface area contributed by atoms with Crippen LogP contribution in [-0.4, -0.2) is 37.7 Å². The summed E-state index contributed by atoms with van der Waals surface area (Å²) in [6, 6.07) is -0.174. The summed E-state index contributed by atoms with van der Waals surface area (Å²) in [5.74, 6) is 0.245. The van der Waals surface area contributed by atoms with Gasteiger partial charge in [0, 0.05) is 5.54 Å². The zero-order valence-corrected chi connectivity index (χ0v) is 10.8. The Kier molecular flexibility index (Phi) is 4.74. The number of nitrogens with one attached hydrogen (secondary N) is 2. The van der Waals surface area contributed by atoms with Crippen LogP contribution in [0.25, 0.3) is 0 Å². The minimum Gasteiger partial charge on any atom is -0.468 e. The molecule has 1 aliphatic rings. The van der Waals surface area contributed by atoms with Gasteiger partial charge in [0.15, 0.2) is 0 Å². The van der Waals surface area contributed by atoms with E-state index < -0.39 is 0 Å². The minimum absolute atomic E-state index is 0.0657. The highest BCUT2D eigenvalue weighted by molar-refractivity contribution is 5.76. The second kappa shape index (κ2) is 5.64. The normalized spacial score (nSPS) is 20.5. The van der Waals surface area contributed by atoms with Crippen LogP contribution in [0.1, 0.15) is 33.6 Å². The van der Waals surface area contributed by atoms with E-state index >= 15 is 0 Å². The van der Waals surface area contributed by atoms with Gasteiger partial charge < -0.3 is 10.1 Å². The van der Waals surface area contributed by atoms with Crippen LogP contribution in [0.3, 0.4) is 0 Å². The Morgan fingerprint density at radius 1 is 1.38 bits per heavy atom. The molecule has 0 aromatic rings. The Balaban J connectivity index is 2.65. The van der Waals surface area contributed by atoms with E-state index in [0.29, 0.717) is 5.92 Å². The van der Waals surface area contributed by atoms with E-state index in [1.165, 1.54) is 7.11 Å². The van der Waals surface area contributed by atoms with Gasteiger partial charge in [-0.3, -0.25) is 10.1 Å². The van der Waals surface area contributed by atoms with Gasteiger partial charge in [0.25, 0.3) is 0 Å². The summed E-state index contributed by atoms with van der Waals surface area (Å²) in [5.41, 5.74) is -0.0657. The number of carbonyl (C=O) groups excluding carboxylic acids is 1. The average Bonchev–Trinajstić information content (AvgIpc) is 2.25. The standard InChI is InChI=1S/C12H24N2O2/c1-12(2,3)14-10(11(15)16-4)9-5-7-13-8-6-9/h9-10,13-14H,5-8H2,1-4H3. The van der Waals surface area contributed by atoms with Gasteiger partial charge in [0.05, 0.1) is 7.11 Å². The Bertz CT molecular complexity index is 230. The molecule has 0 spiro atoms. The highest BCUT2D eigenvalue weighted by Gasteiger charge is 2.32.